The molecule has 0 spiro atoms. The zero-order chi connectivity index (χ0) is 8.57. The van der Waals surface area contributed by atoms with Crippen LogP contribution in [-0.2, 0) is 4.79 Å². The molecule has 10 heavy (non-hydrogen) atoms. The zero-order valence-electron chi connectivity index (χ0n) is 7.48. The van der Waals surface area contributed by atoms with Crippen LogP contribution in [0, 0.1) is 5.92 Å². The lowest BCUT2D eigenvalue weighted by Gasteiger charge is -1.89. The number of allylic oxidation sites excluding steroid dienone is 1. The van der Waals surface area contributed by atoms with E-state index in [1.807, 2.05) is 27.7 Å². The second-order valence-electron chi connectivity index (χ2n) is 3.00. The van der Waals surface area contributed by atoms with Crippen molar-refractivity contribution in [3.63, 3.8) is 0 Å². The van der Waals surface area contributed by atoms with Crippen molar-refractivity contribution >= 4 is 6.29 Å². The Morgan fingerprint density at radius 1 is 1.50 bits per heavy atom. The van der Waals surface area contributed by atoms with Crippen molar-refractivity contribution in [1.29, 1.82) is 0 Å². The van der Waals surface area contributed by atoms with Crippen LogP contribution in [0.2, 0.25) is 0 Å². The highest BCUT2D eigenvalue weighted by Crippen LogP contribution is 1.92. The van der Waals surface area contributed by atoms with Crippen LogP contribution in [0.3, 0.4) is 0 Å². The lowest BCUT2D eigenvalue weighted by molar-refractivity contribution is -0.108. The molecule has 0 saturated carbocycles. The molecule has 0 amide bonds. The largest absolute Gasteiger partial charge is 0.303 e. The van der Waals surface area contributed by atoms with E-state index in [4.69, 9.17) is 0 Å². The first-order valence-corrected chi connectivity index (χ1v) is 3.56. The number of hydrogen-bond donors (Lipinski definition) is 0. The summed E-state index contributed by atoms with van der Waals surface area (Å²) in [5.41, 5.74) is 1.17. The molecule has 1 nitrogen and oxygen atoms in total. The summed E-state index contributed by atoms with van der Waals surface area (Å²) in [7, 11) is 0. The summed E-state index contributed by atoms with van der Waals surface area (Å²) in [6, 6.07) is 0. The van der Waals surface area contributed by atoms with E-state index in [-0.39, 0.29) is 0 Å². The fraction of sp³-hybridized carbons (Fsp3) is 0.667. The number of hydrogen-bond acceptors (Lipinski definition) is 1. The van der Waals surface area contributed by atoms with Crippen molar-refractivity contribution in [2.24, 2.45) is 5.92 Å². The summed E-state index contributed by atoms with van der Waals surface area (Å²) in [5.74, 6) is 0.530. The van der Waals surface area contributed by atoms with E-state index in [0.29, 0.717) is 12.3 Å². The molecular weight excluding hydrogens is 124 g/mol. The van der Waals surface area contributed by atoms with Crippen LogP contribution in [0.25, 0.3) is 0 Å². The molecule has 0 bridgehead atoms. The average Bonchev–Trinajstić information content (AvgIpc) is 1.62. The van der Waals surface area contributed by atoms with Crippen molar-refractivity contribution in [3.8, 4) is 0 Å². The second kappa shape index (κ2) is 8.41. The number of carbonyl (C=O) groups is 1. The van der Waals surface area contributed by atoms with Crippen molar-refractivity contribution < 1.29 is 4.79 Å². The van der Waals surface area contributed by atoms with Crippen molar-refractivity contribution in [3.05, 3.63) is 12.2 Å². The van der Waals surface area contributed by atoms with Crippen LogP contribution in [0.4, 0.5) is 0 Å². The molecule has 0 aromatic heterocycles. The fourth-order valence-electron chi connectivity index (χ4n) is 0.192. The Hall–Kier alpha value is -0.590. The molecule has 0 radical (unpaired) electrons. The average molecular weight is 142 g/mol. The van der Waals surface area contributed by atoms with E-state index < -0.39 is 0 Å². The molecule has 0 aromatic rings. The van der Waals surface area contributed by atoms with Gasteiger partial charge in [0.25, 0.3) is 0 Å². The molecule has 0 unspecified atom stereocenters. The monoisotopic (exact) mass is 142 g/mol. The molecule has 0 aliphatic carbocycles. The molecule has 60 valence electrons. The predicted octanol–water partition coefficient (Wildman–Crippen LogP) is 2.81. The summed E-state index contributed by atoms with van der Waals surface area (Å²) >= 11 is 0. The first kappa shape index (κ1) is 12.1. The van der Waals surface area contributed by atoms with Gasteiger partial charge in [0.05, 0.1) is 0 Å². The maximum Gasteiger partial charge on any atom is 0.120 e. The fourth-order valence-corrected chi connectivity index (χ4v) is 0.192. The van der Waals surface area contributed by atoms with Crippen LogP contribution in [0.1, 0.15) is 34.1 Å². The normalized spacial score (nSPS) is 8.10. The van der Waals surface area contributed by atoms with Crippen molar-refractivity contribution in [1.82, 2.24) is 0 Å². The zero-order valence-corrected chi connectivity index (χ0v) is 7.48. The highest BCUT2D eigenvalue weighted by molar-refractivity contribution is 5.49. The molecule has 0 aliphatic rings. The first-order valence-electron chi connectivity index (χ1n) is 3.56. The molecule has 0 atom stereocenters. The van der Waals surface area contributed by atoms with Crippen molar-refractivity contribution in [2.75, 3.05) is 0 Å². The van der Waals surface area contributed by atoms with Gasteiger partial charge in [0.2, 0.25) is 0 Å². The van der Waals surface area contributed by atoms with Gasteiger partial charge < -0.3 is 4.79 Å². The number of rotatable bonds is 2. The maximum atomic E-state index is 9.62. The van der Waals surface area contributed by atoms with Crippen LogP contribution in [0.5, 0.6) is 0 Å². The van der Waals surface area contributed by atoms with Gasteiger partial charge in [0, 0.05) is 6.42 Å². The SMILES string of the molecule is C=C(C)C.CC(C)CC=O. The second-order valence-corrected chi connectivity index (χ2v) is 3.00. The van der Waals surface area contributed by atoms with E-state index in [2.05, 4.69) is 6.58 Å². The lowest BCUT2D eigenvalue weighted by atomic mass is 10.2. The Kier molecular flexibility index (Phi) is 10.2. The van der Waals surface area contributed by atoms with Gasteiger partial charge in [-0.2, -0.15) is 0 Å². The van der Waals surface area contributed by atoms with Gasteiger partial charge in [-0.1, -0.05) is 19.4 Å². The summed E-state index contributed by atoms with van der Waals surface area (Å²) in [5, 5.41) is 0. The van der Waals surface area contributed by atoms with Crippen LogP contribution < -0.4 is 0 Å². The van der Waals surface area contributed by atoms with Gasteiger partial charge in [-0.15, -0.1) is 6.58 Å². The van der Waals surface area contributed by atoms with Gasteiger partial charge in [-0.25, -0.2) is 0 Å². The highest BCUT2D eigenvalue weighted by Gasteiger charge is 1.85. The highest BCUT2D eigenvalue weighted by atomic mass is 16.1. The smallest absolute Gasteiger partial charge is 0.120 e. The van der Waals surface area contributed by atoms with Gasteiger partial charge in [0.1, 0.15) is 6.29 Å². The maximum absolute atomic E-state index is 9.62. The van der Waals surface area contributed by atoms with E-state index in [1.165, 1.54) is 5.57 Å². The van der Waals surface area contributed by atoms with Crippen LogP contribution in [0.15, 0.2) is 12.2 Å². The molecule has 0 N–H and O–H groups in total. The topological polar surface area (TPSA) is 17.1 Å². The summed E-state index contributed by atoms with van der Waals surface area (Å²) < 4.78 is 0. The Balaban J connectivity index is 0. The summed E-state index contributed by atoms with van der Waals surface area (Å²) in [6.07, 6.45) is 1.64. The van der Waals surface area contributed by atoms with Gasteiger partial charge >= 0.3 is 0 Å². The van der Waals surface area contributed by atoms with E-state index in [9.17, 15) is 4.79 Å². The molecule has 0 rings (SSSR count). The first-order chi connectivity index (χ1) is 4.50. The van der Waals surface area contributed by atoms with E-state index in [1.54, 1.807) is 0 Å². The van der Waals surface area contributed by atoms with Crippen LogP contribution >= 0.6 is 0 Å². The summed E-state index contributed by atoms with van der Waals surface area (Å²) in [6.45, 7) is 11.5. The standard InChI is InChI=1S/C5H10O.C4H8/c1-5(2)3-4-6;1-4(2)3/h4-5H,3H2,1-2H3;1H2,2-3H3. The minimum atomic E-state index is 0.530. The third kappa shape index (κ3) is 52.4. The van der Waals surface area contributed by atoms with Gasteiger partial charge in [0.15, 0.2) is 0 Å². The molecule has 0 heterocycles. The van der Waals surface area contributed by atoms with Gasteiger partial charge in [-0.05, 0) is 19.8 Å². The Labute approximate surface area is 64.1 Å². The molecular formula is C9H18O. The Morgan fingerprint density at radius 3 is 1.80 bits per heavy atom. The molecule has 0 saturated heterocycles. The predicted molar refractivity (Wildman–Crippen MR) is 46.0 cm³/mol. The third-order valence-corrected chi connectivity index (χ3v) is 0.568. The van der Waals surface area contributed by atoms with Gasteiger partial charge in [-0.3, -0.25) is 0 Å². The lowest BCUT2D eigenvalue weighted by Crippen LogP contribution is -1.84. The van der Waals surface area contributed by atoms with E-state index >= 15 is 0 Å². The number of aldehydes is 1. The minimum Gasteiger partial charge on any atom is -0.303 e. The quantitative estimate of drug-likeness (QED) is 0.428. The van der Waals surface area contributed by atoms with Crippen molar-refractivity contribution in [2.45, 2.75) is 34.1 Å². The molecule has 0 aromatic carbocycles. The molecule has 0 aliphatic heterocycles. The summed E-state index contributed by atoms with van der Waals surface area (Å²) in [4.78, 5) is 9.62. The molecule has 1 heteroatoms. The Morgan fingerprint density at radius 2 is 1.80 bits per heavy atom. The van der Waals surface area contributed by atoms with E-state index in [0.717, 1.165) is 6.29 Å². The minimum absolute atomic E-state index is 0.530. The van der Waals surface area contributed by atoms with Crippen LogP contribution in [-0.4, -0.2) is 6.29 Å². The Bertz CT molecular complexity index is 88.9. The number of carbonyl (C=O) groups excluding carboxylic acids is 1. The third-order valence-electron chi connectivity index (χ3n) is 0.568. The molecule has 0 fully saturated rings.